The molecule has 0 radical (unpaired) electrons. The van der Waals surface area contributed by atoms with Crippen molar-refractivity contribution in [3.63, 3.8) is 0 Å². The highest BCUT2D eigenvalue weighted by Gasteiger charge is 2.81. The van der Waals surface area contributed by atoms with Crippen LogP contribution in [0.15, 0.2) is 29.4 Å². The Labute approximate surface area is 204 Å². The zero-order valence-corrected chi connectivity index (χ0v) is 21.0. The Morgan fingerprint density at radius 1 is 1.20 bits per heavy atom. The maximum absolute atomic E-state index is 14.2. The van der Waals surface area contributed by atoms with Gasteiger partial charge < -0.3 is 24.4 Å². The number of carbonyl (C=O) groups excluding carboxylic acids is 2. The number of allylic oxidation sites excluding steroid dienone is 2. The molecule has 3 heterocycles. The summed E-state index contributed by atoms with van der Waals surface area (Å²) in [5.41, 5.74) is -1.91. The number of aliphatic hydroxyl groups excluding tert-OH is 1. The molecule has 35 heavy (non-hydrogen) atoms. The molecule has 3 aliphatic heterocycles. The predicted molar refractivity (Wildman–Crippen MR) is 127 cm³/mol. The first-order valence-corrected chi connectivity index (χ1v) is 12.3. The molecule has 7 rings (SSSR count). The molecule has 186 valence electrons. The average molecular weight is 481 g/mol. The van der Waals surface area contributed by atoms with Gasteiger partial charge >= 0.3 is 0 Å². The molecule has 1 aromatic carbocycles. The van der Waals surface area contributed by atoms with Gasteiger partial charge in [-0.3, -0.25) is 9.59 Å². The fourth-order valence-corrected chi connectivity index (χ4v) is 7.35. The van der Waals surface area contributed by atoms with Crippen LogP contribution in [0.4, 0.5) is 0 Å². The van der Waals surface area contributed by atoms with Gasteiger partial charge in [0.1, 0.15) is 28.9 Å². The molecule has 2 N–H and O–H groups in total. The highest BCUT2D eigenvalue weighted by molar-refractivity contribution is 6.18. The van der Waals surface area contributed by atoms with Gasteiger partial charge in [0.15, 0.2) is 22.8 Å². The number of aromatic hydroxyl groups is 1. The molecule has 1 saturated heterocycles. The number of hydrogen-bond donors (Lipinski definition) is 2. The Balaban J connectivity index is 1.66. The third kappa shape index (κ3) is 2.44. The Bertz CT molecular complexity index is 1260. The standard InChI is InChI=1S/C28H32O7/c1-13(2)7-8-27-24(32)14-9-15-22(31)20-16(30)11-17-21(25(3,4)19(12-29)33-17)23(20)34-28(15,27)18(10-14)26(5,6)35-27/h7,9,11,14,18-19,29-30H,8,10,12H2,1-6H3/t14-,18+,19+,27-,28+/m0/s1. The van der Waals surface area contributed by atoms with Crippen molar-refractivity contribution in [2.75, 3.05) is 6.61 Å². The zero-order valence-electron chi connectivity index (χ0n) is 21.0. The van der Waals surface area contributed by atoms with Crippen LogP contribution in [-0.2, 0) is 14.9 Å². The van der Waals surface area contributed by atoms with Crippen molar-refractivity contribution in [1.82, 2.24) is 0 Å². The fraction of sp³-hybridized carbons (Fsp3) is 0.571. The lowest BCUT2D eigenvalue weighted by Crippen LogP contribution is -2.72. The van der Waals surface area contributed by atoms with Gasteiger partial charge in [0.2, 0.25) is 0 Å². The van der Waals surface area contributed by atoms with Crippen molar-refractivity contribution in [2.24, 2.45) is 11.8 Å². The van der Waals surface area contributed by atoms with Gasteiger partial charge in [-0.05, 0) is 34.1 Å². The first-order chi connectivity index (χ1) is 16.3. The van der Waals surface area contributed by atoms with Crippen LogP contribution in [-0.4, -0.2) is 51.3 Å². The van der Waals surface area contributed by atoms with Crippen molar-refractivity contribution >= 4 is 11.6 Å². The summed E-state index contributed by atoms with van der Waals surface area (Å²) in [6.07, 6.45) is 4.00. The highest BCUT2D eigenvalue weighted by atomic mass is 16.6. The molecule has 0 aromatic heterocycles. The molecule has 4 bridgehead atoms. The number of benzene rings is 1. The fourth-order valence-electron chi connectivity index (χ4n) is 7.35. The van der Waals surface area contributed by atoms with Crippen LogP contribution in [0.2, 0.25) is 0 Å². The Hall–Kier alpha value is -2.64. The number of hydrogen-bond acceptors (Lipinski definition) is 7. The lowest BCUT2D eigenvalue weighted by Gasteiger charge is -2.56. The van der Waals surface area contributed by atoms with Crippen LogP contribution < -0.4 is 9.47 Å². The number of aliphatic hydroxyl groups is 1. The number of rotatable bonds is 3. The first kappa shape index (κ1) is 22.8. The second-order valence-electron chi connectivity index (χ2n) is 12.0. The molecule has 1 spiro atoms. The van der Waals surface area contributed by atoms with Crippen molar-refractivity contribution in [2.45, 2.75) is 82.7 Å². The maximum atomic E-state index is 14.2. The summed E-state index contributed by atoms with van der Waals surface area (Å²) < 4.78 is 19.6. The molecule has 1 aromatic rings. The van der Waals surface area contributed by atoms with Crippen LogP contribution in [0.25, 0.3) is 0 Å². The summed E-state index contributed by atoms with van der Waals surface area (Å²) >= 11 is 0. The highest BCUT2D eigenvalue weighted by Crippen LogP contribution is 2.69. The number of phenolic OH excluding ortho intramolecular Hbond substituents is 1. The summed E-state index contributed by atoms with van der Waals surface area (Å²) in [5.74, 6) is -0.677. The number of ether oxygens (including phenoxy) is 3. The maximum Gasteiger partial charge on any atom is 0.200 e. The van der Waals surface area contributed by atoms with E-state index < -0.39 is 34.2 Å². The summed E-state index contributed by atoms with van der Waals surface area (Å²) in [6, 6.07) is 1.44. The Kier molecular flexibility index (Phi) is 4.28. The van der Waals surface area contributed by atoms with Gasteiger partial charge in [0, 0.05) is 40.9 Å². The molecule has 7 nitrogen and oxygen atoms in total. The second kappa shape index (κ2) is 6.56. The summed E-state index contributed by atoms with van der Waals surface area (Å²) in [4.78, 5) is 28.1. The van der Waals surface area contributed by atoms with Gasteiger partial charge in [0.25, 0.3) is 0 Å². The van der Waals surface area contributed by atoms with E-state index in [-0.39, 0.29) is 41.2 Å². The molecule has 3 aliphatic carbocycles. The van der Waals surface area contributed by atoms with Gasteiger partial charge in [-0.15, -0.1) is 0 Å². The number of fused-ring (bicyclic) bond motifs is 3. The molecule has 0 amide bonds. The monoisotopic (exact) mass is 480 g/mol. The topological polar surface area (TPSA) is 102 Å². The van der Waals surface area contributed by atoms with Gasteiger partial charge in [0.05, 0.1) is 12.2 Å². The van der Waals surface area contributed by atoms with E-state index in [2.05, 4.69) is 0 Å². The smallest absolute Gasteiger partial charge is 0.200 e. The van der Waals surface area contributed by atoms with Gasteiger partial charge in [-0.25, -0.2) is 0 Å². The van der Waals surface area contributed by atoms with E-state index in [1.54, 1.807) is 6.08 Å². The third-order valence-corrected chi connectivity index (χ3v) is 9.00. The SMILES string of the molecule is CC(C)=CC[C@@]12OC(C)(C)[C@H]3C[C@H](C=C4C(=O)c5c(O)cc6c(c5O[C@]431)C(C)(C)[C@@H](CO)O6)C2=O. The van der Waals surface area contributed by atoms with Crippen molar-refractivity contribution < 1.29 is 34.0 Å². The van der Waals surface area contributed by atoms with E-state index >= 15 is 0 Å². The van der Waals surface area contributed by atoms with Crippen LogP contribution in [0, 0.1) is 11.8 Å². The van der Waals surface area contributed by atoms with E-state index in [0.717, 1.165) is 5.57 Å². The molecule has 7 heteroatoms. The molecular weight excluding hydrogens is 448 g/mol. The predicted octanol–water partition coefficient (Wildman–Crippen LogP) is 3.79. The van der Waals surface area contributed by atoms with Crippen molar-refractivity contribution in [3.8, 4) is 17.2 Å². The molecule has 1 saturated carbocycles. The number of carbonyl (C=O) groups is 2. The number of ketones is 2. The lowest BCUT2D eigenvalue weighted by molar-refractivity contribution is -0.171. The van der Waals surface area contributed by atoms with E-state index in [1.165, 1.54) is 6.07 Å². The lowest BCUT2D eigenvalue weighted by atomic mass is 9.51. The minimum absolute atomic E-state index is 0.0580. The normalized spacial score (nSPS) is 36.5. The molecular formula is C28H32O7. The Morgan fingerprint density at radius 3 is 2.57 bits per heavy atom. The summed E-state index contributed by atoms with van der Waals surface area (Å²) in [6.45, 7) is 11.5. The largest absolute Gasteiger partial charge is 0.507 e. The molecule has 0 unspecified atom stereocenters. The third-order valence-electron chi connectivity index (χ3n) is 9.00. The quantitative estimate of drug-likeness (QED) is 0.635. The Morgan fingerprint density at radius 2 is 1.91 bits per heavy atom. The van der Waals surface area contributed by atoms with Gasteiger partial charge in [-0.1, -0.05) is 31.6 Å². The minimum atomic E-state index is -1.35. The van der Waals surface area contributed by atoms with Crippen molar-refractivity contribution in [3.05, 3.63) is 40.5 Å². The summed E-state index contributed by atoms with van der Waals surface area (Å²) in [7, 11) is 0. The van der Waals surface area contributed by atoms with E-state index in [0.29, 0.717) is 29.7 Å². The summed E-state index contributed by atoms with van der Waals surface area (Å²) in [5, 5.41) is 20.9. The number of phenols is 1. The second-order valence-corrected chi connectivity index (χ2v) is 12.0. The molecule has 5 atom stereocenters. The zero-order chi connectivity index (χ0) is 25.3. The van der Waals surface area contributed by atoms with E-state index in [9.17, 15) is 19.8 Å². The van der Waals surface area contributed by atoms with Crippen LogP contribution in [0.1, 0.15) is 70.3 Å². The number of Topliss-reactive ketones (excluding diaryl/α,β-unsaturated/α-hetero) is 2. The van der Waals surface area contributed by atoms with Crippen LogP contribution in [0.3, 0.4) is 0 Å². The van der Waals surface area contributed by atoms with Crippen LogP contribution in [0.5, 0.6) is 17.2 Å². The van der Waals surface area contributed by atoms with Crippen molar-refractivity contribution in [1.29, 1.82) is 0 Å². The van der Waals surface area contributed by atoms with Gasteiger partial charge in [-0.2, -0.15) is 0 Å². The van der Waals surface area contributed by atoms with E-state index in [1.807, 2.05) is 47.6 Å². The average Bonchev–Trinajstić information content (AvgIpc) is 3.11. The minimum Gasteiger partial charge on any atom is -0.507 e. The van der Waals surface area contributed by atoms with E-state index in [4.69, 9.17) is 14.2 Å². The first-order valence-electron chi connectivity index (χ1n) is 12.3. The molecule has 2 fully saturated rings. The molecule has 6 aliphatic rings. The van der Waals surface area contributed by atoms with Crippen LogP contribution >= 0.6 is 0 Å².